The Hall–Kier alpha value is -4.30. The summed E-state index contributed by atoms with van der Waals surface area (Å²) in [6.07, 6.45) is 1.85. The summed E-state index contributed by atoms with van der Waals surface area (Å²) >= 11 is 0. The lowest BCUT2D eigenvalue weighted by molar-refractivity contribution is 0.0957. The molecule has 1 fully saturated rings. The van der Waals surface area contributed by atoms with Crippen molar-refractivity contribution in [2.75, 3.05) is 31.6 Å². The molecule has 2 N–H and O–H groups in total. The Labute approximate surface area is 204 Å². The van der Waals surface area contributed by atoms with E-state index >= 15 is 4.39 Å². The van der Waals surface area contributed by atoms with Gasteiger partial charge in [-0.3, -0.25) is 14.5 Å². The molecule has 11 heteroatoms. The number of aromatic nitrogens is 3. The van der Waals surface area contributed by atoms with E-state index in [2.05, 4.69) is 21.4 Å². The van der Waals surface area contributed by atoms with Crippen LogP contribution in [-0.4, -0.2) is 57.9 Å². The number of pyridine rings is 1. The molecule has 1 aliphatic heterocycles. The topological polar surface area (TPSA) is 110 Å². The number of carbonyl (C=O) groups excluding carboxylic acids is 1. The first-order valence-electron chi connectivity index (χ1n) is 11.5. The molecule has 4 aromatic rings. The lowest BCUT2D eigenvalue weighted by atomic mass is 10.1. The van der Waals surface area contributed by atoms with Gasteiger partial charge in [-0.1, -0.05) is 6.07 Å². The normalized spacial score (nSPS) is 16.4. The minimum Gasteiger partial charge on any atom is -0.361 e. The molecule has 36 heavy (non-hydrogen) atoms. The number of H-pyrrole nitrogens is 1. The number of hydrogen-bond donors (Lipinski definition) is 2. The van der Waals surface area contributed by atoms with Gasteiger partial charge in [0.25, 0.3) is 11.5 Å². The highest BCUT2D eigenvalue weighted by atomic mass is 19.1. The maximum atomic E-state index is 15.4. The summed E-state index contributed by atoms with van der Waals surface area (Å²) in [6.45, 7) is 1.54. The third-order valence-electron chi connectivity index (χ3n) is 6.57. The smallest absolute Gasteiger partial charge is 0.272 e. The molecule has 1 aromatic carbocycles. The fourth-order valence-electron chi connectivity index (χ4n) is 4.80. The van der Waals surface area contributed by atoms with Crippen LogP contribution >= 0.6 is 0 Å². The first-order valence-corrected chi connectivity index (χ1v) is 11.5. The van der Waals surface area contributed by atoms with E-state index in [4.69, 9.17) is 0 Å². The number of benzene rings is 1. The van der Waals surface area contributed by atoms with Crippen molar-refractivity contribution in [3.63, 3.8) is 0 Å². The monoisotopic (exact) mass is 491 g/mol. The highest BCUT2D eigenvalue weighted by molar-refractivity contribution is 5.92. The fourth-order valence-corrected chi connectivity index (χ4v) is 4.80. The third kappa shape index (κ3) is 4.05. The van der Waals surface area contributed by atoms with E-state index in [-0.39, 0.29) is 41.5 Å². The van der Waals surface area contributed by atoms with Gasteiger partial charge in [-0.2, -0.15) is 9.65 Å². The number of aromatic amines is 1. The highest BCUT2D eigenvalue weighted by Gasteiger charge is 2.30. The van der Waals surface area contributed by atoms with Gasteiger partial charge in [0.15, 0.2) is 5.82 Å². The molecule has 184 valence electrons. The van der Waals surface area contributed by atoms with Crippen LogP contribution in [0.3, 0.4) is 0 Å². The van der Waals surface area contributed by atoms with Gasteiger partial charge in [0.05, 0.1) is 29.7 Å². The molecule has 0 saturated carbocycles. The van der Waals surface area contributed by atoms with Crippen LogP contribution in [0.1, 0.15) is 22.5 Å². The molecule has 0 radical (unpaired) electrons. The molecule has 1 atom stereocenters. The third-order valence-corrected chi connectivity index (χ3v) is 6.57. The van der Waals surface area contributed by atoms with Gasteiger partial charge in [-0.25, -0.2) is 9.37 Å². The Balaban J connectivity index is 1.39. The predicted octanol–water partition coefficient (Wildman–Crippen LogP) is 2.42. The molecule has 0 bridgehead atoms. The van der Waals surface area contributed by atoms with Crippen LogP contribution in [0.2, 0.25) is 0 Å². The second kappa shape index (κ2) is 9.39. The van der Waals surface area contributed by atoms with Gasteiger partial charge in [0, 0.05) is 45.0 Å². The van der Waals surface area contributed by atoms with Crippen LogP contribution in [0.15, 0.2) is 47.4 Å². The molecule has 4 heterocycles. The maximum Gasteiger partial charge on any atom is 0.272 e. The van der Waals surface area contributed by atoms with E-state index in [1.54, 1.807) is 39.8 Å². The van der Waals surface area contributed by atoms with Crippen molar-refractivity contribution in [2.24, 2.45) is 0 Å². The summed E-state index contributed by atoms with van der Waals surface area (Å²) in [7, 11) is 1.44. The Morgan fingerprint density at radius 1 is 1.22 bits per heavy atom. The number of piperazine rings is 1. The second-order valence-corrected chi connectivity index (χ2v) is 8.68. The van der Waals surface area contributed by atoms with E-state index in [1.807, 2.05) is 4.90 Å². The zero-order valence-electron chi connectivity index (χ0n) is 19.5. The molecule has 0 unspecified atom stereocenters. The molecule has 0 aliphatic carbocycles. The number of hydrogen-bond acceptors (Lipinski definition) is 6. The van der Waals surface area contributed by atoms with Crippen molar-refractivity contribution in [2.45, 2.75) is 19.0 Å². The summed E-state index contributed by atoms with van der Waals surface area (Å²) in [5.41, 5.74) is 1.36. The summed E-state index contributed by atoms with van der Waals surface area (Å²) in [5.74, 6) is -1.78. The average molecular weight is 492 g/mol. The molecule has 1 aliphatic rings. The van der Waals surface area contributed by atoms with Crippen LogP contribution in [0, 0.1) is 23.1 Å². The van der Waals surface area contributed by atoms with Crippen LogP contribution in [0.25, 0.3) is 16.6 Å². The summed E-state index contributed by atoms with van der Waals surface area (Å²) in [5, 5.41) is 11.8. The average Bonchev–Trinajstić information content (AvgIpc) is 3.37. The second-order valence-electron chi connectivity index (χ2n) is 8.68. The van der Waals surface area contributed by atoms with Crippen molar-refractivity contribution < 1.29 is 13.6 Å². The molecule has 1 amide bonds. The number of nitriles is 1. The Morgan fingerprint density at radius 3 is 2.81 bits per heavy atom. The predicted molar refractivity (Wildman–Crippen MR) is 130 cm³/mol. The molecule has 9 nitrogen and oxygen atoms in total. The van der Waals surface area contributed by atoms with Gasteiger partial charge >= 0.3 is 0 Å². The number of amides is 1. The molecule has 3 aromatic heterocycles. The molecule has 0 spiro atoms. The number of nitrogens with zero attached hydrogens (tertiary/aromatic N) is 5. The van der Waals surface area contributed by atoms with Gasteiger partial charge in [-0.15, -0.1) is 0 Å². The standard InChI is InChI=1S/C25H23F2N7O2/c1-29-24(35)17-5-7-19(23(27)30-17)33-12-11-32(14-16(33)8-9-28)13-15-4-6-18-22(21(15)26)31-25(36)20-3-2-10-34(18)20/h2-7,10,16H,8,11-14H2,1H3,(H,29,35)(H,31,36)/t16-/m0/s1. The van der Waals surface area contributed by atoms with Crippen molar-refractivity contribution in [3.8, 4) is 6.07 Å². The van der Waals surface area contributed by atoms with Gasteiger partial charge in [0.2, 0.25) is 5.95 Å². The number of anilines is 1. The van der Waals surface area contributed by atoms with E-state index in [9.17, 15) is 19.2 Å². The molecular weight excluding hydrogens is 468 g/mol. The summed E-state index contributed by atoms with van der Waals surface area (Å²) < 4.78 is 31.9. The van der Waals surface area contributed by atoms with Crippen molar-refractivity contribution in [1.29, 1.82) is 5.26 Å². The van der Waals surface area contributed by atoms with E-state index in [1.165, 1.54) is 19.2 Å². The molecule has 5 rings (SSSR count). The highest BCUT2D eigenvalue weighted by Crippen LogP contribution is 2.27. The lowest BCUT2D eigenvalue weighted by Gasteiger charge is -2.42. The first kappa shape index (κ1) is 23.4. The zero-order chi connectivity index (χ0) is 25.4. The van der Waals surface area contributed by atoms with Crippen LogP contribution in [0.4, 0.5) is 14.5 Å². The minimum absolute atomic E-state index is 0.0313. The minimum atomic E-state index is -0.784. The maximum absolute atomic E-state index is 15.4. The van der Waals surface area contributed by atoms with E-state index < -0.39 is 17.7 Å². The van der Waals surface area contributed by atoms with Crippen LogP contribution in [0.5, 0.6) is 0 Å². The number of halogens is 2. The fraction of sp³-hybridized carbons (Fsp3) is 0.280. The van der Waals surface area contributed by atoms with Crippen LogP contribution in [-0.2, 0) is 6.54 Å². The van der Waals surface area contributed by atoms with Crippen molar-refractivity contribution >= 4 is 28.1 Å². The first-order chi connectivity index (χ1) is 17.4. The number of nitrogens with one attached hydrogen (secondary N) is 2. The Kier molecular flexibility index (Phi) is 6.12. The summed E-state index contributed by atoms with van der Waals surface area (Å²) in [6, 6.07) is 11.6. The number of carbonyl (C=O) groups is 1. The van der Waals surface area contributed by atoms with Crippen LogP contribution < -0.4 is 15.8 Å². The van der Waals surface area contributed by atoms with E-state index in [0.717, 1.165) is 0 Å². The quantitative estimate of drug-likeness (QED) is 0.415. The summed E-state index contributed by atoms with van der Waals surface area (Å²) in [4.78, 5) is 34.3. The SMILES string of the molecule is CNC(=O)c1ccc(N2CCN(Cc3ccc4c([nH]c(=O)c5cccn54)c3F)C[C@@H]2CC#N)c(F)n1. The Morgan fingerprint density at radius 2 is 2.06 bits per heavy atom. The van der Waals surface area contributed by atoms with Gasteiger partial charge < -0.3 is 19.6 Å². The van der Waals surface area contributed by atoms with Crippen molar-refractivity contribution in [3.05, 3.63) is 76.0 Å². The van der Waals surface area contributed by atoms with Gasteiger partial charge in [0.1, 0.15) is 16.7 Å². The van der Waals surface area contributed by atoms with Gasteiger partial charge in [-0.05, 0) is 30.3 Å². The Bertz CT molecular complexity index is 1570. The lowest BCUT2D eigenvalue weighted by Crippen LogP contribution is -2.53. The van der Waals surface area contributed by atoms with Crippen molar-refractivity contribution in [1.82, 2.24) is 24.6 Å². The molecular formula is C25H23F2N7O2. The van der Waals surface area contributed by atoms with E-state index in [0.29, 0.717) is 36.2 Å². The molecule has 1 saturated heterocycles. The number of fused-ring (bicyclic) bond motifs is 3. The zero-order valence-corrected chi connectivity index (χ0v) is 19.5. The largest absolute Gasteiger partial charge is 0.361 e. The number of rotatable bonds is 5.